The molecule has 1 aliphatic heterocycles. The van der Waals surface area contributed by atoms with Gasteiger partial charge in [0, 0.05) is 25.7 Å². The van der Waals surface area contributed by atoms with Crippen molar-refractivity contribution in [1.82, 2.24) is 9.55 Å². The number of aromatic amines is 1. The van der Waals surface area contributed by atoms with Crippen LogP contribution in [-0.4, -0.2) is 22.6 Å². The quantitative estimate of drug-likeness (QED) is 0.814. The molecule has 0 aliphatic carbocycles. The zero-order valence-corrected chi connectivity index (χ0v) is 9.53. The number of rotatable bonds is 3. The molecule has 0 spiro atoms. The third-order valence-corrected chi connectivity index (χ3v) is 2.93. The summed E-state index contributed by atoms with van der Waals surface area (Å²) in [4.78, 5) is 27.3. The fraction of sp³-hybridized carbons (Fsp3) is 0.636. The van der Waals surface area contributed by atoms with E-state index in [1.165, 1.54) is 6.07 Å². The van der Waals surface area contributed by atoms with Crippen molar-refractivity contribution in [3.8, 4) is 0 Å². The van der Waals surface area contributed by atoms with E-state index in [9.17, 15) is 9.59 Å². The van der Waals surface area contributed by atoms with Crippen molar-refractivity contribution >= 4 is 5.82 Å². The minimum atomic E-state index is -0.306. The molecule has 1 N–H and O–H groups in total. The smallest absolute Gasteiger partial charge is 0.329 e. The summed E-state index contributed by atoms with van der Waals surface area (Å²) in [6.45, 7) is 4.69. The maximum absolute atomic E-state index is 11.6. The first-order valence-electron chi connectivity index (χ1n) is 5.81. The SMILES string of the molecule is CCCCN1CCCn2c1cc(=O)[nH]c2=O. The lowest BCUT2D eigenvalue weighted by Crippen LogP contribution is -2.41. The summed E-state index contributed by atoms with van der Waals surface area (Å²) in [6, 6.07) is 1.52. The highest BCUT2D eigenvalue weighted by Crippen LogP contribution is 2.16. The molecule has 0 fully saturated rings. The molecule has 88 valence electrons. The maximum Gasteiger partial charge on any atom is 0.329 e. The Morgan fingerprint density at radius 3 is 2.94 bits per heavy atom. The summed E-state index contributed by atoms with van der Waals surface area (Å²) < 4.78 is 1.65. The van der Waals surface area contributed by atoms with Gasteiger partial charge in [0.05, 0.1) is 0 Å². The third-order valence-electron chi connectivity index (χ3n) is 2.93. The summed E-state index contributed by atoms with van der Waals surface area (Å²) in [6.07, 6.45) is 3.16. The number of hydrogen-bond acceptors (Lipinski definition) is 3. The van der Waals surface area contributed by atoms with E-state index in [2.05, 4.69) is 16.8 Å². The summed E-state index contributed by atoms with van der Waals surface area (Å²) in [5.74, 6) is 0.772. The Labute approximate surface area is 93.7 Å². The van der Waals surface area contributed by atoms with Gasteiger partial charge in [0.2, 0.25) is 0 Å². The van der Waals surface area contributed by atoms with Crippen LogP contribution in [0.15, 0.2) is 15.7 Å². The number of aromatic nitrogens is 2. The molecule has 0 unspecified atom stereocenters. The van der Waals surface area contributed by atoms with Crippen LogP contribution >= 0.6 is 0 Å². The number of nitrogens with zero attached hydrogens (tertiary/aromatic N) is 2. The predicted octanol–water partition coefficient (Wildman–Crippen LogP) is 0.547. The van der Waals surface area contributed by atoms with Crippen molar-refractivity contribution < 1.29 is 0 Å². The van der Waals surface area contributed by atoms with E-state index < -0.39 is 0 Å². The first kappa shape index (κ1) is 11.0. The van der Waals surface area contributed by atoms with Crippen molar-refractivity contribution in [2.75, 3.05) is 18.0 Å². The molecule has 16 heavy (non-hydrogen) atoms. The largest absolute Gasteiger partial charge is 0.358 e. The number of H-pyrrole nitrogens is 1. The van der Waals surface area contributed by atoms with Crippen LogP contribution in [0.25, 0.3) is 0 Å². The van der Waals surface area contributed by atoms with E-state index in [4.69, 9.17) is 0 Å². The van der Waals surface area contributed by atoms with Crippen LogP contribution in [0.5, 0.6) is 0 Å². The second-order valence-electron chi connectivity index (χ2n) is 4.14. The number of fused-ring (bicyclic) bond motifs is 1. The molecule has 0 saturated carbocycles. The van der Waals surface area contributed by atoms with Crippen molar-refractivity contribution in [3.05, 3.63) is 26.9 Å². The number of hydrogen-bond donors (Lipinski definition) is 1. The molecule has 0 amide bonds. The molecule has 0 bridgehead atoms. The summed E-state index contributed by atoms with van der Waals surface area (Å²) >= 11 is 0. The molecule has 0 saturated heterocycles. The number of unbranched alkanes of at least 4 members (excludes halogenated alkanes) is 1. The zero-order chi connectivity index (χ0) is 11.5. The van der Waals surface area contributed by atoms with E-state index in [1.54, 1.807) is 4.57 Å². The van der Waals surface area contributed by atoms with E-state index in [-0.39, 0.29) is 11.2 Å². The van der Waals surface area contributed by atoms with Gasteiger partial charge in [-0.15, -0.1) is 0 Å². The van der Waals surface area contributed by atoms with Crippen molar-refractivity contribution in [2.24, 2.45) is 0 Å². The van der Waals surface area contributed by atoms with E-state index >= 15 is 0 Å². The monoisotopic (exact) mass is 223 g/mol. The standard InChI is InChI=1S/C11H17N3O2/c1-2-3-5-13-6-4-7-14-10(13)8-9(15)12-11(14)16/h8H,2-7H2,1H3,(H,12,15,16). The lowest BCUT2D eigenvalue weighted by molar-refractivity contribution is 0.527. The van der Waals surface area contributed by atoms with Gasteiger partial charge in [-0.2, -0.15) is 0 Å². The van der Waals surface area contributed by atoms with E-state index in [0.717, 1.165) is 38.2 Å². The van der Waals surface area contributed by atoms with Gasteiger partial charge in [-0.05, 0) is 12.8 Å². The van der Waals surface area contributed by atoms with Crippen LogP contribution in [0.4, 0.5) is 5.82 Å². The molecule has 0 aromatic carbocycles. The molecule has 0 radical (unpaired) electrons. The van der Waals surface area contributed by atoms with E-state index in [1.807, 2.05) is 0 Å². The van der Waals surface area contributed by atoms with Gasteiger partial charge < -0.3 is 4.90 Å². The normalized spacial score (nSPS) is 14.9. The van der Waals surface area contributed by atoms with Gasteiger partial charge >= 0.3 is 5.69 Å². The zero-order valence-electron chi connectivity index (χ0n) is 9.53. The second-order valence-corrected chi connectivity index (χ2v) is 4.14. The van der Waals surface area contributed by atoms with Crippen molar-refractivity contribution in [3.63, 3.8) is 0 Å². The third kappa shape index (κ3) is 2.03. The summed E-state index contributed by atoms with van der Waals surface area (Å²) in [5, 5.41) is 0. The lowest BCUT2D eigenvalue weighted by Gasteiger charge is -2.31. The minimum absolute atomic E-state index is 0.288. The number of anilines is 1. The van der Waals surface area contributed by atoms with Gasteiger partial charge in [-0.1, -0.05) is 13.3 Å². The molecule has 1 aromatic rings. The first-order valence-corrected chi connectivity index (χ1v) is 5.81. The Morgan fingerprint density at radius 2 is 2.19 bits per heavy atom. The average molecular weight is 223 g/mol. The summed E-state index contributed by atoms with van der Waals surface area (Å²) in [7, 11) is 0. The van der Waals surface area contributed by atoms with E-state index in [0.29, 0.717) is 6.54 Å². The maximum atomic E-state index is 11.6. The van der Waals surface area contributed by atoms with Crippen LogP contribution in [0.2, 0.25) is 0 Å². The highest BCUT2D eigenvalue weighted by Gasteiger charge is 2.17. The van der Waals surface area contributed by atoms with Crippen molar-refractivity contribution in [2.45, 2.75) is 32.7 Å². The molecular weight excluding hydrogens is 206 g/mol. The molecule has 2 rings (SSSR count). The lowest BCUT2D eigenvalue weighted by atomic mass is 10.2. The molecule has 2 heterocycles. The highest BCUT2D eigenvalue weighted by molar-refractivity contribution is 5.39. The van der Waals surface area contributed by atoms with Gasteiger partial charge in [0.25, 0.3) is 5.56 Å². The second kappa shape index (κ2) is 4.55. The topological polar surface area (TPSA) is 58.1 Å². The first-order chi connectivity index (χ1) is 7.72. The number of nitrogens with one attached hydrogen (secondary N) is 1. The van der Waals surface area contributed by atoms with Crippen molar-refractivity contribution in [1.29, 1.82) is 0 Å². The molecule has 5 nitrogen and oxygen atoms in total. The van der Waals surface area contributed by atoms with Gasteiger partial charge in [0.1, 0.15) is 5.82 Å². The molecule has 5 heteroatoms. The Kier molecular flexibility index (Phi) is 3.12. The molecule has 1 aromatic heterocycles. The van der Waals surface area contributed by atoms with Gasteiger partial charge in [-0.25, -0.2) is 4.79 Å². The van der Waals surface area contributed by atoms with Gasteiger partial charge in [0.15, 0.2) is 0 Å². The molecular formula is C11H17N3O2. The molecule has 1 aliphatic rings. The van der Waals surface area contributed by atoms with Crippen LogP contribution in [-0.2, 0) is 6.54 Å². The minimum Gasteiger partial charge on any atom is -0.358 e. The Balaban J connectivity index is 2.37. The average Bonchev–Trinajstić information content (AvgIpc) is 2.26. The Morgan fingerprint density at radius 1 is 1.38 bits per heavy atom. The van der Waals surface area contributed by atoms with Crippen LogP contribution in [0.3, 0.4) is 0 Å². The summed E-state index contributed by atoms with van der Waals surface area (Å²) in [5.41, 5.74) is -0.594. The Hall–Kier alpha value is -1.52. The van der Waals surface area contributed by atoms with Crippen LogP contribution < -0.4 is 16.1 Å². The fourth-order valence-corrected chi connectivity index (χ4v) is 2.10. The highest BCUT2D eigenvalue weighted by atomic mass is 16.2. The van der Waals surface area contributed by atoms with Crippen LogP contribution in [0, 0.1) is 0 Å². The fourth-order valence-electron chi connectivity index (χ4n) is 2.10. The van der Waals surface area contributed by atoms with Crippen LogP contribution in [0.1, 0.15) is 26.2 Å². The predicted molar refractivity (Wildman–Crippen MR) is 63.1 cm³/mol. The Bertz CT molecular complexity index is 475. The molecule has 0 atom stereocenters. The van der Waals surface area contributed by atoms with Gasteiger partial charge in [-0.3, -0.25) is 14.3 Å².